The number of nitrogens with two attached hydrogens (primary N) is 1. The predicted octanol–water partition coefficient (Wildman–Crippen LogP) is 3.08. The number of esters is 2. The summed E-state index contributed by atoms with van der Waals surface area (Å²) in [5, 5.41) is 11.6. The third-order valence-electron chi connectivity index (χ3n) is 3.84. The summed E-state index contributed by atoms with van der Waals surface area (Å²) >= 11 is 5.78. The van der Waals surface area contributed by atoms with Crippen molar-refractivity contribution in [3.05, 3.63) is 68.2 Å². The van der Waals surface area contributed by atoms with Crippen molar-refractivity contribution in [2.24, 2.45) is 0 Å². The molecule has 0 heterocycles. The number of nitro benzene ring substituents is 1. The number of ether oxygens (including phenoxy) is 2. The molecule has 1 atom stereocenters. The molecule has 2 aromatic rings. The molecule has 2 N–H and O–H groups in total. The van der Waals surface area contributed by atoms with Crippen molar-refractivity contribution in [3.63, 3.8) is 0 Å². The second-order valence-electron chi connectivity index (χ2n) is 5.73. The highest BCUT2D eigenvalue weighted by Crippen LogP contribution is 2.27. The lowest BCUT2D eigenvalue weighted by atomic mass is 10.0. The third-order valence-corrected chi connectivity index (χ3v) is 4.09. The van der Waals surface area contributed by atoms with E-state index in [9.17, 15) is 19.7 Å². The Balaban J connectivity index is 2.27. The van der Waals surface area contributed by atoms with E-state index in [1.165, 1.54) is 30.3 Å². The van der Waals surface area contributed by atoms with Crippen LogP contribution < -0.4 is 5.73 Å². The van der Waals surface area contributed by atoms with Crippen molar-refractivity contribution in [2.75, 3.05) is 12.8 Å². The fourth-order valence-electron chi connectivity index (χ4n) is 2.42. The van der Waals surface area contributed by atoms with Gasteiger partial charge in [-0.3, -0.25) is 10.1 Å². The van der Waals surface area contributed by atoms with Gasteiger partial charge in [0.15, 0.2) is 0 Å². The zero-order chi connectivity index (χ0) is 20.1. The van der Waals surface area contributed by atoms with Gasteiger partial charge < -0.3 is 15.2 Å². The highest BCUT2D eigenvalue weighted by atomic mass is 35.5. The molecule has 2 rings (SSSR count). The minimum Gasteiger partial charge on any atom is -0.466 e. The lowest BCUT2D eigenvalue weighted by molar-refractivity contribution is -0.384. The Hall–Kier alpha value is -3.13. The van der Waals surface area contributed by atoms with Crippen LogP contribution in [-0.2, 0) is 20.7 Å². The number of aryl methyl sites for hydroxylation is 1. The minimum atomic E-state index is -1.28. The molecular weight excluding hydrogens is 376 g/mol. The molecule has 0 aliphatic carbocycles. The smallest absolute Gasteiger partial charge is 0.347 e. The van der Waals surface area contributed by atoms with Gasteiger partial charge in [0.05, 0.1) is 17.6 Å². The molecule has 0 radical (unpaired) electrons. The predicted molar refractivity (Wildman–Crippen MR) is 98.6 cm³/mol. The maximum Gasteiger partial charge on any atom is 0.347 e. The summed E-state index contributed by atoms with van der Waals surface area (Å²) in [6, 6.07) is 8.77. The number of nitrogens with zero attached hydrogens (tertiary/aromatic N) is 1. The number of methoxy groups -OCH3 is 1. The van der Waals surface area contributed by atoms with Crippen LogP contribution in [0, 0.1) is 17.0 Å². The van der Waals surface area contributed by atoms with Crippen LogP contribution in [0.1, 0.15) is 21.5 Å². The molecule has 8 nitrogen and oxygen atoms in total. The Kier molecular flexibility index (Phi) is 6.36. The van der Waals surface area contributed by atoms with Crippen molar-refractivity contribution in [3.8, 4) is 0 Å². The van der Waals surface area contributed by atoms with Crippen LogP contribution >= 0.6 is 11.6 Å². The van der Waals surface area contributed by atoms with E-state index in [1.807, 2.05) is 0 Å². The van der Waals surface area contributed by atoms with Gasteiger partial charge in [0.2, 0.25) is 6.10 Å². The molecule has 9 heteroatoms. The van der Waals surface area contributed by atoms with Crippen LogP contribution in [0.2, 0.25) is 5.02 Å². The Morgan fingerprint density at radius 1 is 1.26 bits per heavy atom. The first-order chi connectivity index (χ1) is 12.7. The zero-order valence-electron chi connectivity index (χ0n) is 14.6. The highest BCUT2D eigenvalue weighted by molar-refractivity contribution is 6.30. The monoisotopic (exact) mass is 392 g/mol. The van der Waals surface area contributed by atoms with E-state index < -0.39 is 23.0 Å². The van der Waals surface area contributed by atoms with Gasteiger partial charge in [-0.05, 0) is 42.3 Å². The number of nitro groups is 1. The molecule has 0 aliphatic rings. The molecule has 142 valence electrons. The Labute approximate surface area is 160 Å². The number of nitrogen functional groups attached to an aromatic ring is 1. The maximum atomic E-state index is 12.3. The van der Waals surface area contributed by atoms with Crippen LogP contribution in [0.25, 0.3) is 0 Å². The summed E-state index contributed by atoms with van der Waals surface area (Å²) in [7, 11) is 1.15. The SMILES string of the molecule is COC(=O)[C@@H](Cc1cc(C)c(N)c([N+](=O)[O-])c1)OC(=O)c1ccc(Cl)cc1. The molecular formula is C18H17ClN2O6. The number of carbonyl (C=O) groups is 2. The molecule has 27 heavy (non-hydrogen) atoms. The largest absolute Gasteiger partial charge is 0.466 e. The van der Waals surface area contributed by atoms with E-state index in [2.05, 4.69) is 4.74 Å². The third kappa shape index (κ3) is 4.95. The van der Waals surface area contributed by atoms with Crippen LogP contribution in [0.5, 0.6) is 0 Å². The van der Waals surface area contributed by atoms with Crippen molar-refractivity contribution in [2.45, 2.75) is 19.4 Å². The number of hydrogen-bond acceptors (Lipinski definition) is 7. The second-order valence-corrected chi connectivity index (χ2v) is 6.17. The zero-order valence-corrected chi connectivity index (χ0v) is 15.4. The fraction of sp³-hybridized carbons (Fsp3) is 0.222. The van der Waals surface area contributed by atoms with Gasteiger partial charge >= 0.3 is 11.9 Å². The van der Waals surface area contributed by atoms with E-state index in [-0.39, 0.29) is 23.4 Å². The van der Waals surface area contributed by atoms with Gasteiger partial charge in [-0.2, -0.15) is 0 Å². The molecule has 0 aromatic heterocycles. The number of halogens is 1. The first-order valence-corrected chi connectivity index (χ1v) is 8.18. The first-order valence-electron chi connectivity index (χ1n) is 7.80. The van der Waals surface area contributed by atoms with Gasteiger partial charge in [-0.15, -0.1) is 0 Å². The van der Waals surface area contributed by atoms with E-state index in [4.69, 9.17) is 22.1 Å². The molecule has 0 fully saturated rings. The average Bonchev–Trinajstić information content (AvgIpc) is 2.63. The molecule has 0 bridgehead atoms. The summed E-state index contributed by atoms with van der Waals surface area (Å²) < 4.78 is 9.92. The minimum absolute atomic E-state index is 0.0385. The number of carbonyl (C=O) groups excluding carboxylic acids is 2. The average molecular weight is 393 g/mol. The summed E-state index contributed by atoms with van der Waals surface area (Å²) in [4.78, 5) is 34.8. The van der Waals surface area contributed by atoms with Crippen molar-refractivity contribution >= 4 is 34.9 Å². The van der Waals surface area contributed by atoms with Crippen molar-refractivity contribution in [1.29, 1.82) is 0 Å². The molecule has 0 saturated carbocycles. The van der Waals surface area contributed by atoms with Gasteiger partial charge in [-0.1, -0.05) is 17.7 Å². The van der Waals surface area contributed by atoms with Gasteiger partial charge in [0.25, 0.3) is 5.69 Å². The highest BCUT2D eigenvalue weighted by Gasteiger charge is 2.26. The molecule has 0 amide bonds. The van der Waals surface area contributed by atoms with E-state index in [0.717, 1.165) is 7.11 Å². The van der Waals surface area contributed by atoms with Gasteiger partial charge in [-0.25, -0.2) is 9.59 Å². The lowest BCUT2D eigenvalue weighted by Crippen LogP contribution is -2.30. The fourth-order valence-corrected chi connectivity index (χ4v) is 2.55. The number of hydrogen-bond donors (Lipinski definition) is 1. The number of benzene rings is 2. The number of rotatable bonds is 6. The molecule has 0 spiro atoms. The van der Waals surface area contributed by atoms with Gasteiger partial charge in [0.1, 0.15) is 5.69 Å². The molecule has 0 saturated heterocycles. The standard InChI is InChI=1S/C18H17ClN2O6/c1-10-7-11(8-14(16(10)20)21(24)25)9-15(18(23)26-2)27-17(22)12-3-5-13(19)6-4-12/h3-8,15H,9,20H2,1-2H3/t15-/m1/s1. The number of anilines is 1. The molecule has 0 aliphatic heterocycles. The summed E-state index contributed by atoms with van der Waals surface area (Å²) in [5.41, 5.74) is 6.56. The van der Waals surface area contributed by atoms with Crippen LogP contribution in [0.4, 0.5) is 11.4 Å². The maximum absolute atomic E-state index is 12.3. The summed E-state index contributed by atoms with van der Waals surface area (Å²) in [6.45, 7) is 1.61. The van der Waals surface area contributed by atoms with Gasteiger partial charge in [0, 0.05) is 17.5 Å². The first kappa shape index (κ1) is 20.2. The lowest BCUT2D eigenvalue weighted by Gasteiger charge is -2.16. The summed E-state index contributed by atoms with van der Waals surface area (Å²) in [6.07, 6.45) is -1.38. The van der Waals surface area contributed by atoms with Crippen molar-refractivity contribution in [1.82, 2.24) is 0 Å². The Bertz CT molecular complexity index is 882. The topological polar surface area (TPSA) is 122 Å². The normalized spacial score (nSPS) is 11.5. The van der Waals surface area contributed by atoms with Crippen LogP contribution in [-0.4, -0.2) is 30.1 Å². The van der Waals surface area contributed by atoms with Crippen LogP contribution in [0.3, 0.4) is 0 Å². The second kappa shape index (κ2) is 8.50. The van der Waals surface area contributed by atoms with E-state index >= 15 is 0 Å². The molecule has 0 unspecified atom stereocenters. The van der Waals surface area contributed by atoms with E-state index in [1.54, 1.807) is 13.0 Å². The van der Waals surface area contributed by atoms with E-state index in [0.29, 0.717) is 16.1 Å². The summed E-state index contributed by atoms with van der Waals surface area (Å²) in [5.74, 6) is -1.53. The quantitative estimate of drug-likeness (QED) is 0.347. The Morgan fingerprint density at radius 3 is 2.44 bits per heavy atom. The Morgan fingerprint density at radius 2 is 1.89 bits per heavy atom. The van der Waals surface area contributed by atoms with Crippen molar-refractivity contribution < 1.29 is 24.0 Å². The van der Waals surface area contributed by atoms with Crippen LogP contribution in [0.15, 0.2) is 36.4 Å². The molecule has 2 aromatic carbocycles.